The van der Waals surface area contributed by atoms with Crippen LogP contribution in [0.5, 0.6) is 11.5 Å². The molecular formula is C23H23NO3S. The quantitative estimate of drug-likeness (QED) is 0.540. The molecule has 3 aromatic carbocycles. The van der Waals surface area contributed by atoms with Crippen LogP contribution in [0.1, 0.15) is 16.4 Å². The lowest BCUT2D eigenvalue weighted by atomic mass is 10.1. The molecule has 28 heavy (non-hydrogen) atoms. The van der Waals surface area contributed by atoms with E-state index in [1.165, 1.54) is 11.8 Å². The fourth-order valence-corrected chi connectivity index (χ4v) is 4.00. The number of nitrogens with one attached hydrogen (secondary N) is 1. The van der Waals surface area contributed by atoms with E-state index < -0.39 is 5.25 Å². The van der Waals surface area contributed by atoms with E-state index in [1.54, 1.807) is 14.2 Å². The summed E-state index contributed by atoms with van der Waals surface area (Å²) in [5, 5.41) is 2.59. The summed E-state index contributed by atoms with van der Waals surface area (Å²) in [5.74, 6) is 1.26. The zero-order valence-electron chi connectivity index (χ0n) is 16.1. The van der Waals surface area contributed by atoms with E-state index in [4.69, 9.17) is 9.47 Å². The topological polar surface area (TPSA) is 47.6 Å². The van der Waals surface area contributed by atoms with Gasteiger partial charge in [-0.2, -0.15) is 0 Å². The average molecular weight is 394 g/mol. The van der Waals surface area contributed by atoms with Crippen LogP contribution in [0, 0.1) is 6.92 Å². The summed E-state index contributed by atoms with van der Waals surface area (Å²) in [5.41, 5.74) is 2.63. The first-order chi connectivity index (χ1) is 13.6. The number of carbonyl (C=O) groups excluding carboxylic acids is 1. The zero-order chi connectivity index (χ0) is 19.9. The molecule has 1 unspecified atom stereocenters. The van der Waals surface area contributed by atoms with Crippen molar-refractivity contribution in [2.24, 2.45) is 0 Å². The molecule has 0 aliphatic rings. The molecule has 1 atom stereocenters. The molecule has 0 saturated heterocycles. The van der Waals surface area contributed by atoms with Crippen molar-refractivity contribution < 1.29 is 14.3 Å². The Morgan fingerprint density at radius 2 is 1.57 bits per heavy atom. The van der Waals surface area contributed by atoms with Gasteiger partial charge in [0, 0.05) is 0 Å². The molecule has 0 bridgehead atoms. The maximum atomic E-state index is 13.3. The van der Waals surface area contributed by atoms with Gasteiger partial charge in [0.05, 0.1) is 24.8 Å². The third-order valence-corrected chi connectivity index (χ3v) is 5.58. The Balaban J connectivity index is 1.93. The van der Waals surface area contributed by atoms with E-state index >= 15 is 0 Å². The van der Waals surface area contributed by atoms with Gasteiger partial charge in [0.25, 0.3) is 0 Å². The van der Waals surface area contributed by atoms with Crippen LogP contribution in [0.3, 0.4) is 0 Å². The monoisotopic (exact) mass is 393 g/mol. The summed E-state index contributed by atoms with van der Waals surface area (Å²) < 4.78 is 10.9. The molecule has 0 radical (unpaired) electrons. The molecule has 3 aromatic rings. The van der Waals surface area contributed by atoms with Gasteiger partial charge in [-0.05, 0) is 42.3 Å². The predicted octanol–water partition coefficient (Wildman–Crippen LogP) is 5.48. The molecule has 0 aliphatic carbocycles. The van der Waals surface area contributed by atoms with Gasteiger partial charge in [0.2, 0.25) is 5.91 Å². The van der Waals surface area contributed by atoms with Crippen molar-refractivity contribution in [3.63, 3.8) is 0 Å². The molecule has 0 aromatic heterocycles. The summed E-state index contributed by atoms with van der Waals surface area (Å²) in [6.45, 7) is 1.98. The first-order valence-corrected chi connectivity index (χ1v) is 9.80. The van der Waals surface area contributed by atoms with Crippen LogP contribution in [-0.4, -0.2) is 20.1 Å². The second-order valence-electron chi connectivity index (χ2n) is 6.25. The van der Waals surface area contributed by atoms with Crippen LogP contribution in [0.2, 0.25) is 0 Å². The second-order valence-corrected chi connectivity index (χ2v) is 7.40. The minimum absolute atomic E-state index is 0.119. The molecule has 0 aliphatic heterocycles. The molecule has 3 rings (SSSR count). The first kappa shape index (κ1) is 19.8. The standard InChI is InChI=1S/C23H23NO3S/c1-16-13-14-19(26-2)18(15-16)24-23(25)22(17-9-5-4-6-10-17)28-21-12-8-7-11-20(21)27-3/h4-15,22H,1-3H3,(H,24,25). The Hall–Kier alpha value is -2.92. The van der Waals surface area contributed by atoms with Crippen molar-refractivity contribution >= 4 is 23.4 Å². The van der Waals surface area contributed by atoms with Gasteiger partial charge in [-0.3, -0.25) is 4.79 Å². The number of benzene rings is 3. The first-order valence-electron chi connectivity index (χ1n) is 8.92. The van der Waals surface area contributed by atoms with Gasteiger partial charge in [-0.15, -0.1) is 11.8 Å². The Morgan fingerprint density at radius 3 is 2.29 bits per heavy atom. The third-order valence-electron chi connectivity index (χ3n) is 4.27. The maximum absolute atomic E-state index is 13.3. The van der Waals surface area contributed by atoms with Crippen molar-refractivity contribution in [1.82, 2.24) is 0 Å². The third kappa shape index (κ3) is 4.67. The highest BCUT2D eigenvalue weighted by Crippen LogP contribution is 2.41. The average Bonchev–Trinajstić information content (AvgIpc) is 2.73. The van der Waals surface area contributed by atoms with Crippen LogP contribution >= 0.6 is 11.8 Å². The van der Waals surface area contributed by atoms with Crippen LogP contribution in [0.4, 0.5) is 5.69 Å². The number of carbonyl (C=O) groups is 1. The number of rotatable bonds is 7. The number of hydrogen-bond donors (Lipinski definition) is 1. The molecule has 5 heteroatoms. The van der Waals surface area contributed by atoms with Crippen molar-refractivity contribution in [1.29, 1.82) is 0 Å². The highest BCUT2D eigenvalue weighted by molar-refractivity contribution is 8.00. The summed E-state index contributed by atoms with van der Waals surface area (Å²) in [6, 6.07) is 23.2. The number of aryl methyl sites for hydroxylation is 1. The molecule has 4 nitrogen and oxygen atoms in total. The number of anilines is 1. The molecule has 0 spiro atoms. The van der Waals surface area contributed by atoms with E-state index in [9.17, 15) is 4.79 Å². The van der Waals surface area contributed by atoms with Gasteiger partial charge >= 0.3 is 0 Å². The molecule has 1 N–H and O–H groups in total. The van der Waals surface area contributed by atoms with E-state index in [2.05, 4.69) is 5.32 Å². The zero-order valence-corrected chi connectivity index (χ0v) is 17.0. The molecule has 0 heterocycles. The number of thioether (sulfide) groups is 1. The Labute approximate surface area is 169 Å². The fraction of sp³-hybridized carbons (Fsp3) is 0.174. The largest absolute Gasteiger partial charge is 0.496 e. The minimum atomic E-state index is -0.442. The van der Waals surface area contributed by atoms with Gasteiger partial charge in [-0.1, -0.05) is 48.5 Å². The molecule has 144 valence electrons. The summed E-state index contributed by atoms with van der Waals surface area (Å²) in [4.78, 5) is 14.2. The highest BCUT2D eigenvalue weighted by atomic mass is 32.2. The van der Waals surface area contributed by atoms with E-state index in [0.717, 1.165) is 21.8 Å². The molecular weight excluding hydrogens is 370 g/mol. The second kappa shape index (κ2) is 9.33. The van der Waals surface area contributed by atoms with Gasteiger partial charge in [-0.25, -0.2) is 0 Å². The van der Waals surface area contributed by atoms with Gasteiger partial charge in [0.1, 0.15) is 16.7 Å². The van der Waals surface area contributed by atoms with Crippen LogP contribution < -0.4 is 14.8 Å². The summed E-state index contributed by atoms with van der Waals surface area (Å²) in [7, 11) is 3.23. The molecule has 1 amide bonds. The van der Waals surface area contributed by atoms with Crippen LogP contribution in [0.15, 0.2) is 77.7 Å². The Bertz CT molecular complexity index is 944. The molecule has 0 fully saturated rings. The van der Waals surface area contributed by atoms with Crippen molar-refractivity contribution in [2.45, 2.75) is 17.1 Å². The normalized spacial score (nSPS) is 11.5. The lowest BCUT2D eigenvalue weighted by Crippen LogP contribution is -2.19. The van der Waals surface area contributed by atoms with Crippen molar-refractivity contribution in [3.05, 3.63) is 83.9 Å². The Morgan fingerprint density at radius 1 is 0.893 bits per heavy atom. The van der Waals surface area contributed by atoms with Gasteiger partial charge in [0.15, 0.2) is 0 Å². The van der Waals surface area contributed by atoms with Crippen molar-refractivity contribution in [3.8, 4) is 11.5 Å². The van der Waals surface area contributed by atoms with Crippen molar-refractivity contribution in [2.75, 3.05) is 19.5 Å². The lowest BCUT2D eigenvalue weighted by Gasteiger charge is -2.19. The fourth-order valence-electron chi connectivity index (χ4n) is 2.86. The smallest absolute Gasteiger partial charge is 0.242 e. The lowest BCUT2D eigenvalue weighted by molar-refractivity contribution is -0.115. The molecule has 0 saturated carbocycles. The number of para-hydroxylation sites is 1. The van der Waals surface area contributed by atoms with E-state index in [1.807, 2.05) is 79.7 Å². The summed E-state index contributed by atoms with van der Waals surface area (Å²) >= 11 is 1.46. The Kier molecular flexibility index (Phi) is 6.61. The number of methoxy groups -OCH3 is 2. The highest BCUT2D eigenvalue weighted by Gasteiger charge is 2.24. The SMILES string of the molecule is COc1ccc(C)cc1NC(=O)C(Sc1ccccc1OC)c1ccccc1. The van der Waals surface area contributed by atoms with Crippen LogP contribution in [-0.2, 0) is 4.79 Å². The van der Waals surface area contributed by atoms with E-state index in [0.29, 0.717) is 11.4 Å². The van der Waals surface area contributed by atoms with E-state index in [-0.39, 0.29) is 5.91 Å². The van der Waals surface area contributed by atoms with Gasteiger partial charge < -0.3 is 14.8 Å². The predicted molar refractivity (Wildman–Crippen MR) is 114 cm³/mol. The number of hydrogen-bond acceptors (Lipinski definition) is 4. The maximum Gasteiger partial charge on any atom is 0.242 e. The number of amides is 1. The number of ether oxygens (including phenoxy) is 2. The summed E-state index contributed by atoms with van der Waals surface area (Å²) in [6.07, 6.45) is 0. The van der Waals surface area contributed by atoms with Crippen LogP contribution in [0.25, 0.3) is 0 Å². The minimum Gasteiger partial charge on any atom is -0.496 e.